The molecule has 0 unspecified atom stereocenters. The first-order chi connectivity index (χ1) is 6.81. The predicted molar refractivity (Wildman–Crippen MR) is 56.0 cm³/mol. The lowest BCUT2D eigenvalue weighted by molar-refractivity contribution is 0.472. The van der Waals surface area contributed by atoms with E-state index in [2.05, 4.69) is 11.2 Å². The Morgan fingerprint density at radius 1 is 1.57 bits per heavy atom. The van der Waals surface area contributed by atoms with E-state index in [0.29, 0.717) is 18.3 Å². The number of hydrogen-bond donors (Lipinski definition) is 2. The zero-order valence-corrected chi connectivity index (χ0v) is 7.96. The normalized spacial score (nSPS) is 18.9. The van der Waals surface area contributed by atoms with E-state index < -0.39 is 0 Å². The Balaban J connectivity index is 2.21. The van der Waals surface area contributed by atoms with Crippen LogP contribution in [0, 0.1) is 12.3 Å². The first-order valence-electron chi connectivity index (χ1n) is 4.80. The molecule has 1 aromatic carbocycles. The Labute approximate surface area is 84.0 Å². The summed E-state index contributed by atoms with van der Waals surface area (Å²) in [5.41, 5.74) is 2.51. The molecule has 0 spiro atoms. The fraction of sp³-hybridized carbons (Fsp3) is 0.333. The molecule has 1 aromatic rings. The number of fused-ring (bicyclic) bond motifs is 1. The molecule has 0 saturated heterocycles. The molecule has 0 heterocycles. The number of phenolic OH excluding ortho intramolecular Hbond substituents is 1. The van der Waals surface area contributed by atoms with Crippen LogP contribution in [0.25, 0.3) is 0 Å². The molecule has 1 atom stereocenters. The van der Waals surface area contributed by atoms with Crippen LogP contribution in [0.2, 0.25) is 0 Å². The number of terminal acetylenes is 1. The van der Waals surface area contributed by atoms with E-state index in [1.54, 1.807) is 6.07 Å². The summed E-state index contributed by atoms with van der Waals surface area (Å²) >= 11 is 0. The van der Waals surface area contributed by atoms with Gasteiger partial charge in [-0.2, -0.15) is 0 Å². The highest BCUT2D eigenvalue weighted by molar-refractivity contribution is 5.40. The molecule has 1 aliphatic carbocycles. The van der Waals surface area contributed by atoms with Gasteiger partial charge in [-0.25, -0.2) is 0 Å². The maximum absolute atomic E-state index is 9.37. The molecule has 2 rings (SSSR count). The van der Waals surface area contributed by atoms with Gasteiger partial charge in [0.05, 0.1) is 6.54 Å². The number of benzene rings is 1. The zero-order chi connectivity index (χ0) is 9.97. The van der Waals surface area contributed by atoms with Crippen LogP contribution in [0.3, 0.4) is 0 Å². The number of aryl methyl sites for hydroxylation is 1. The van der Waals surface area contributed by atoms with Crippen LogP contribution >= 0.6 is 0 Å². The van der Waals surface area contributed by atoms with Crippen molar-refractivity contribution < 1.29 is 5.11 Å². The largest absolute Gasteiger partial charge is 0.508 e. The van der Waals surface area contributed by atoms with E-state index in [9.17, 15) is 5.11 Å². The van der Waals surface area contributed by atoms with E-state index in [4.69, 9.17) is 6.42 Å². The SMILES string of the molecule is C#CCN[C@H]1CCc2ccc(O)cc21. The average molecular weight is 187 g/mol. The minimum absolute atomic E-state index is 0.313. The second-order valence-electron chi connectivity index (χ2n) is 3.56. The highest BCUT2D eigenvalue weighted by atomic mass is 16.3. The van der Waals surface area contributed by atoms with Crippen LogP contribution < -0.4 is 5.32 Å². The molecule has 0 fully saturated rings. The maximum atomic E-state index is 9.37. The minimum atomic E-state index is 0.313. The summed E-state index contributed by atoms with van der Waals surface area (Å²) in [6.07, 6.45) is 7.33. The van der Waals surface area contributed by atoms with Crippen molar-refractivity contribution in [2.24, 2.45) is 0 Å². The molecule has 2 N–H and O–H groups in total. The summed E-state index contributed by atoms with van der Waals surface area (Å²) in [6.45, 7) is 0.583. The molecule has 0 radical (unpaired) electrons. The third kappa shape index (κ3) is 1.59. The second-order valence-corrected chi connectivity index (χ2v) is 3.56. The lowest BCUT2D eigenvalue weighted by atomic mass is 10.1. The quantitative estimate of drug-likeness (QED) is 0.689. The summed E-state index contributed by atoms with van der Waals surface area (Å²) in [5.74, 6) is 2.90. The molecule has 0 amide bonds. The van der Waals surface area contributed by atoms with Crippen molar-refractivity contribution >= 4 is 0 Å². The van der Waals surface area contributed by atoms with Gasteiger partial charge in [0.15, 0.2) is 0 Å². The standard InChI is InChI=1S/C12H13NO/c1-2-7-13-12-6-4-9-3-5-10(14)8-11(9)12/h1,3,5,8,12-14H,4,6-7H2/t12-/m0/s1. The molecule has 2 heteroatoms. The van der Waals surface area contributed by atoms with Crippen molar-refractivity contribution in [3.8, 4) is 18.1 Å². The molecule has 0 aliphatic heterocycles. The van der Waals surface area contributed by atoms with E-state index in [1.165, 1.54) is 11.1 Å². The molecular weight excluding hydrogens is 174 g/mol. The van der Waals surface area contributed by atoms with Gasteiger partial charge in [-0.15, -0.1) is 6.42 Å². The third-order valence-corrected chi connectivity index (χ3v) is 2.66. The molecule has 0 aromatic heterocycles. The minimum Gasteiger partial charge on any atom is -0.508 e. The van der Waals surface area contributed by atoms with Gasteiger partial charge >= 0.3 is 0 Å². The van der Waals surface area contributed by atoms with Crippen LogP contribution in [0.5, 0.6) is 5.75 Å². The van der Waals surface area contributed by atoms with E-state index in [0.717, 1.165) is 12.8 Å². The number of aromatic hydroxyl groups is 1. The third-order valence-electron chi connectivity index (χ3n) is 2.66. The topological polar surface area (TPSA) is 32.3 Å². The van der Waals surface area contributed by atoms with Gasteiger partial charge in [-0.05, 0) is 36.1 Å². The van der Waals surface area contributed by atoms with Gasteiger partial charge in [-0.1, -0.05) is 12.0 Å². The van der Waals surface area contributed by atoms with Crippen molar-refractivity contribution in [3.05, 3.63) is 29.3 Å². The van der Waals surface area contributed by atoms with Crippen LogP contribution in [0.1, 0.15) is 23.6 Å². The van der Waals surface area contributed by atoms with Gasteiger partial charge < -0.3 is 5.11 Å². The number of hydrogen-bond acceptors (Lipinski definition) is 2. The Bertz CT molecular complexity index is 378. The van der Waals surface area contributed by atoms with E-state index in [-0.39, 0.29) is 0 Å². The molecule has 2 nitrogen and oxygen atoms in total. The summed E-state index contributed by atoms with van der Waals surface area (Å²) in [7, 11) is 0. The van der Waals surface area contributed by atoms with Crippen molar-refractivity contribution in [2.45, 2.75) is 18.9 Å². The van der Waals surface area contributed by atoms with E-state index in [1.807, 2.05) is 12.1 Å². The highest BCUT2D eigenvalue weighted by Gasteiger charge is 2.21. The summed E-state index contributed by atoms with van der Waals surface area (Å²) in [4.78, 5) is 0. The fourth-order valence-corrected chi connectivity index (χ4v) is 1.98. The summed E-state index contributed by atoms with van der Waals surface area (Å²) < 4.78 is 0. The van der Waals surface area contributed by atoms with Crippen molar-refractivity contribution in [2.75, 3.05) is 6.54 Å². The Hall–Kier alpha value is -1.46. The van der Waals surface area contributed by atoms with Gasteiger partial charge in [0.25, 0.3) is 0 Å². The van der Waals surface area contributed by atoms with Gasteiger partial charge in [0, 0.05) is 6.04 Å². The fourth-order valence-electron chi connectivity index (χ4n) is 1.98. The second kappa shape index (κ2) is 3.73. The summed E-state index contributed by atoms with van der Waals surface area (Å²) in [5, 5.41) is 12.6. The zero-order valence-electron chi connectivity index (χ0n) is 7.96. The van der Waals surface area contributed by atoms with Gasteiger partial charge in [0.2, 0.25) is 0 Å². The maximum Gasteiger partial charge on any atom is 0.115 e. The Morgan fingerprint density at radius 2 is 2.43 bits per heavy atom. The smallest absolute Gasteiger partial charge is 0.115 e. The molecule has 0 saturated carbocycles. The number of nitrogens with one attached hydrogen (secondary N) is 1. The first-order valence-corrected chi connectivity index (χ1v) is 4.80. The van der Waals surface area contributed by atoms with Crippen LogP contribution in [-0.2, 0) is 6.42 Å². The van der Waals surface area contributed by atoms with Gasteiger partial charge in [0.1, 0.15) is 5.75 Å². The van der Waals surface area contributed by atoms with Crippen LogP contribution in [-0.4, -0.2) is 11.7 Å². The van der Waals surface area contributed by atoms with Gasteiger partial charge in [-0.3, -0.25) is 5.32 Å². The first kappa shape index (κ1) is 9.11. The molecule has 72 valence electrons. The molecular formula is C12H13NO. The van der Waals surface area contributed by atoms with Crippen molar-refractivity contribution in [3.63, 3.8) is 0 Å². The molecule has 0 bridgehead atoms. The lowest BCUT2D eigenvalue weighted by Gasteiger charge is -2.11. The molecule has 1 aliphatic rings. The Kier molecular flexibility index (Phi) is 2.43. The molecule has 14 heavy (non-hydrogen) atoms. The lowest BCUT2D eigenvalue weighted by Crippen LogP contribution is -2.19. The highest BCUT2D eigenvalue weighted by Crippen LogP contribution is 2.33. The number of rotatable bonds is 2. The predicted octanol–water partition coefficient (Wildman–Crippen LogP) is 1.60. The monoisotopic (exact) mass is 187 g/mol. The van der Waals surface area contributed by atoms with Crippen molar-refractivity contribution in [1.29, 1.82) is 0 Å². The van der Waals surface area contributed by atoms with Crippen molar-refractivity contribution in [1.82, 2.24) is 5.32 Å². The van der Waals surface area contributed by atoms with Crippen LogP contribution in [0.15, 0.2) is 18.2 Å². The Morgan fingerprint density at radius 3 is 3.21 bits per heavy atom. The van der Waals surface area contributed by atoms with Crippen LogP contribution in [0.4, 0.5) is 0 Å². The average Bonchev–Trinajstić information content (AvgIpc) is 2.57. The number of phenols is 1. The van der Waals surface area contributed by atoms with E-state index >= 15 is 0 Å². The summed E-state index contributed by atoms with van der Waals surface area (Å²) in [6, 6.07) is 5.87.